The summed E-state index contributed by atoms with van der Waals surface area (Å²) >= 11 is 0. The number of hydrogen-bond donors (Lipinski definition) is 1. The summed E-state index contributed by atoms with van der Waals surface area (Å²) in [5, 5.41) is 2.70. The van der Waals surface area contributed by atoms with Gasteiger partial charge in [0.05, 0.1) is 0 Å². The van der Waals surface area contributed by atoms with E-state index in [2.05, 4.69) is 22.0 Å². The van der Waals surface area contributed by atoms with Crippen LogP contribution in [0.4, 0.5) is 4.79 Å². The number of piperidine rings is 1. The molecule has 2 fully saturated rings. The summed E-state index contributed by atoms with van der Waals surface area (Å²) in [5.41, 5.74) is 0. The minimum absolute atomic E-state index is 0.0652. The third kappa shape index (κ3) is 3.14. The van der Waals surface area contributed by atoms with Crippen LogP contribution in [0.1, 0.15) is 19.8 Å². The van der Waals surface area contributed by atoms with Crippen LogP contribution in [0, 0.1) is 0 Å². The van der Waals surface area contributed by atoms with Crippen molar-refractivity contribution >= 4 is 6.03 Å². The first kappa shape index (κ1) is 13.6. The molecule has 2 heterocycles. The van der Waals surface area contributed by atoms with Gasteiger partial charge in [0, 0.05) is 39.3 Å². The van der Waals surface area contributed by atoms with Crippen molar-refractivity contribution in [3.05, 3.63) is 0 Å². The molecule has 5 heteroatoms. The SMILES string of the molecule is CCN1CCC(N2CCN(C(=O)NC)CC2)CC1. The first-order valence-electron chi connectivity index (χ1n) is 7.17. The summed E-state index contributed by atoms with van der Waals surface area (Å²) in [7, 11) is 1.70. The molecule has 0 saturated carbocycles. The van der Waals surface area contributed by atoms with Gasteiger partial charge in [0.1, 0.15) is 0 Å². The summed E-state index contributed by atoms with van der Waals surface area (Å²) in [6, 6.07) is 0.801. The molecule has 2 saturated heterocycles. The average Bonchev–Trinajstić information content (AvgIpc) is 2.47. The number of likely N-dealkylation sites (tertiary alicyclic amines) is 1. The fraction of sp³-hybridized carbons (Fsp3) is 0.923. The quantitative estimate of drug-likeness (QED) is 0.776. The van der Waals surface area contributed by atoms with Crippen molar-refractivity contribution in [3.63, 3.8) is 0 Å². The number of hydrogen-bond acceptors (Lipinski definition) is 3. The van der Waals surface area contributed by atoms with Crippen molar-refractivity contribution in [2.24, 2.45) is 0 Å². The van der Waals surface area contributed by atoms with E-state index >= 15 is 0 Å². The van der Waals surface area contributed by atoms with Crippen LogP contribution >= 0.6 is 0 Å². The molecule has 2 aliphatic heterocycles. The van der Waals surface area contributed by atoms with Crippen LogP contribution in [0.5, 0.6) is 0 Å². The zero-order valence-corrected chi connectivity index (χ0v) is 11.7. The summed E-state index contributed by atoms with van der Waals surface area (Å²) in [4.78, 5) is 18.5. The van der Waals surface area contributed by atoms with E-state index in [4.69, 9.17) is 0 Å². The van der Waals surface area contributed by atoms with Gasteiger partial charge in [0.2, 0.25) is 0 Å². The lowest BCUT2D eigenvalue weighted by Gasteiger charge is -2.42. The van der Waals surface area contributed by atoms with E-state index in [1.807, 2.05) is 4.90 Å². The van der Waals surface area contributed by atoms with Gasteiger partial charge in [-0.2, -0.15) is 0 Å². The number of rotatable bonds is 2. The van der Waals surface area contributed by atoms with Crippen LogP contribution in [0.15, 0.2) is 0 Å². The van der Waals surface area contributed by atoms with Crippen LogP contribution in [-0.2, 0) is 0 Å². The number of carbonyl (C=O) groups excluding carboxylic acids is 1. The van der Waals surface area contributed by atoms with Crippen LogP contribution in [-0.4, -0.2) is 79.6 Å². The topological polar surface area (TPSA) is 38.8 Å². The van der Waals surface area contributed by atoms with Gasteiger partial charge in [-0.3, -0.25) is 4.90 Å². The fourth-order valence-electron chi connectivity index (χ4n) is 3.05. The largest absolute Gasteiger partial charge is 0.341 e. The number of urea groups is 1. The van der Waals surface area contributed by atoms with Crippen LogP contribution in [0.3, 0.4) is 0 Å². The lowest BCUT2D eigenvalue weighted by Crippen LogP contribution is -2.55. The summed E-state index contributed by atoms with van der Waals surface area (Å²) in [6.45, 7) is 9.68. The Morgan fingerprint density at radius 2 is 1.72 bits per heavy atom. The summed E-state index contributed by atoms with van der Waals surface area (Å²) in [6.07, 6.45) is 2.57. The lowest BCUT2D eigenvalue weighted by atomic mass is 10.0. The zero-order chi connectivity index (χ0) is 13.0. The Bertz CT molecular complexity index is 268. The minimum atomic E-state index is 0.0652. The highest BCUT2D eigenvalue weighted by molar-refractivity contribution is 5.73. The molecule has 0 aromatic rings. The molecule has 5 nitrogen and oxygen atoms in total. The third-order valence-corrected chi connectivity index (χ3v) is 4.34. The van der Waals surface area contributed by atoms with Crippen molar-refractivity contribution in [3.8, 4) is 0 Å². The van der Waals surface area contributed by atoms with Gasteiger partial charge in [-0.05, 0) is 32.5 Å². The molecule has 0 bridgehead atoms. The van der Waals surface area contributed by atoms with Crippen LogP contribution < -0.4 is 5.32 Å². The van der Waals surface area contributed by atoms with E-state index in [1.165, 1.54) is 32.5 Å². The number of nitrogens with zero attached hydrogens (tertiary/aromatic N) is 3. The van der Waals surface area contributed by atoms with Gasteiger partial charge in [-0.25, -0.2) is 4.79 Å². The Kier molecular flexibility index (Phi) is 4.83. The molecular weight excluding hydrogens is 228 g/mol. The molecular formula is C13H26N4O. The second-order valence-corrected chi connectivity index (χ2v) is 5.24. The maximum absolute atomic E-state index is 11.5. The zero-order valence-electron chi connectivity index (χ0n) is 11.7. The van der Waals surface area contributed by atoms with E-state index in [1.54, 1.807) is 7.05 Å². The first-order valence-corrected chi connectivity index (χ1v) is 7.17. The van der Waals surface area contributed by atoms with Gasteiger partial charge in [-0.15, -0.1) is 0 Å². The highest BCUT2D eigenvalue weighted by Gasteiger charge is 2.27. The fourth-order valence-corrected chi connectivity index (χ4v) is 3.05. The van der Waals surface area contributed by atoms with E-state index < -0.39 is 0 Å². The van der Waals surface area contributed by atoms with Gasteiger partial charge in [0.25, 0.3) is 0 Å². The summed E-state index contributed by atoms with van der Waals surface area (Å²) in [5.74, 6) is 0. The first-order chi connectivity index (χ1) is 8.74. The molecule has 18 heavy (non-hydrogen) atoms. The number of piperazine rings is 1. The molecule has 0 aliphatic carbocycles. The molecule has 0 atom stereocenters. The van der Waals surface area contributed by atoms with Crippen LogP contribution in [0.2, 0.25) is 0 Å². The second-order valence-electron chi connectivity index (χ2n) is 5.24. The van der Waals surface area contributed by atoms with Crippen molar-refractivity contribution in [2.45, 2.75) is 25.8 Å². The predicted molar refractivity (Wildman–Crippen MR) is 72.7 cm³/mol. The number of carbonyl (C=O) groups is 1. The molecule has 0 radical (unpaired) electrons. The second kappa shape index (κ2) is 6.38. The maximum Gasteiger partial charge on any atom is 0.317 e. The smallest absolute Gasteiger partial charge is 0.317 e. The number of amides is 2. The average molecular weight is 254 g/mol. The van der Waals surface area contributed by atoms with E-state index in [0.29, 0.717) is 0 Å². The van der Waals surface area contributed by atoms with Crippen molar-refractivity contribution in [1.29, 1.82) is 0 Å². The Morgan fingerprint density at radius 1 is 1.11 bits per heavy atom. The third-order valence-electron chi connectivity index (χ3n) is 4.34. The Morgan fingerprint density at radius 3 is 2.22 bits per heavy atom. The standard InChI is InChI=1S/C13H26N4O/c1-3-15-6-4-12(5-7-15)16-8-10-17(11-9-16)13(18)14-2/h12H,3-11H2,1-2H3,(H,14,18). The molecule has 2 rings (SSSR count). The predicted octanol–water partition coefficient (Wildman–Crippen LogP) is 0.428. The minimum Gasteiger partial charge on any atom is -0.341 e. The van der Waals surface area contributed by atoms with Gasteiger partial charge < -0.3 is 15.1 Å². The molecule has 0 aromatic heterocycles. The van der Waals surface area contributed by atoms with Crippen molar-refractivity contribution < 1.29 is 4.79 Å². The normalized spacial score (nSPS) is 24.2. The van der Waals surface area contributed by atoms with Gasteiger partial charge >= 0.3 is 6.03 Å². The van der Waals surface area contributed by atoms with E-state index in [0.717, 1.165) is 32.2 Å². The number of nitrogens with one attached hydrogen (secondary N) is 1. The van der Waals surface area contributed by atoms with Gasteiger partial charge in [-0.1, -0.05) is 6.92 Å². The van der Waals surface area contributed by atoms with Gasteiger partial charge in [0.15, 0.2) is 0 Å². The molecule has 0 aromatic carbocycles. The molecule has 1 N–H and O–H groups in total. The Hall–Kier alpha value is -0.810. The van der Waals surface area contributed by atoms with Crippen molar-refractivity contribution in [2.75, 3.05) is 52.9 Å². The van der Waals surface area contributed by atoms with E-state index in [-0.39, 0.29) is 6.03 Å². The van der Waals surface area contributed by atoms with Crippen LogP contribution in [0.25, 0.3) is 0 Å². The Balaban J connectivity index is 1.75. The van der Waals surface area contributed by atoms with Crippen molar-refractivity contribution in [1.82, 2.24) is 20.0 Å². The molecule has 2 aliphatic rings. The highest BCUT2D eigenvalue weighted by atomic mass is 16.2. The highest BCUT2D eigenvalue weighted by Crippen LogP contribution is 2.18. The molecule has 0 unspecified atom stereocenters. The molecule has 0 spiro atoms. The summed E-state index contributed by atoms with van der Waals surface area (Å²) < 4.78 is 0. The Labute approximate surface area is 110 Å². The van der Waals surface area contributed by atoms with E-state index in [9.17, 15) is 4.79 Å². The molecule has 2 amide bonds. The molecule has 104 valence electrons. The lowest BCUT2D eigenvalue weighted by molar-refractivity contribution is 0.0705. The maximum atomic E-state index is 11.5. The monoisotopic (exact) mass is 254 g/mol.